The van der Waals surface area contributed by atoms with Crippen LogP contribution in [-0.2, 0) is 16.1 Å². The van der Waals surface area contributed by atoms with Gasteiger partial charge in [0.05, 0.1) is 5.56 Å². The van der Waals surface area contributed by atoms with Crippen molar-refractivity contribution in [1.29, 1.82) is 0 Å². The number of ketones is 1. The molecule has 158 valence electrons. The fraction of sp³-hybridized carbons (Fsp3) is 0.160. The maximum absolute atomic E-state index is 12.6. The van der Waals surface area contributed by atoms with Crippen molar-refractivity contribution < 1.29 is 24.2 Å². The molecule has 0 saturated carbocycles. The van der Waals surface area contributed by atoms with E-state index in [4.69, 9.17) is 4.74 Å². The highest BCUT2D eigenvalue weighted by Crippen LogP contribution is 2.20. The molecule has 0 aliphatic heterocycles. The number of Topliss-reactive ketones (excluding diaryl/α,β-unsaturated/α-hetero) is 1. The number of rotatable bonds is 10. The first kappa shape index (κ1) is 21.8. The van der Waals surface area contributed by atoms with Gasteiger partial charge in [0, 0.05) is 17.7 Å². The summed E-state index contributed by atoms with van der Waals surface area (Å²) in [5.74, 6) is -1.80. The molecule has 0 aromatic heterocycles. The molecule has 3 aromatic rings. The number of benzene rings is 3. The van der Waals surface area contributed by atoms with Crippen molar-refractivity contribution in [3.63, 3.8) is 0 Å². The van der Waals surface area contributed by atoms with Gasteiger partial charge in [-0.1, -0.05) is 72.8 Å². The van der Waals surface area contributed by atoms with Gasteiger partial charge in [0.1, 0.15) is 12.6 Å². The molecule has 2 N–H and O–H groups in total. The molecule has 0 spiro atoms. The van der Waals surface area contributed by atoms with Crippen molar-refractivity contribution in [2.75, 3.05) is 5.32 Å². The molecule has 0 bridgehead atoms. The van der Waals surface area contributed by atoms with Gasteiger partial charge in [0.25, 0.3) is 0 Å². The topological polar surface area (TPSA) is 92.7 Å². The Morgan fingerprint density at radius 1 is 0.839 bits per heavy atom. The summed E-state index contributed by atoms with van der Waals surface area (Å²) in [7, 11) is 0. The summed E-state index contributed by atoms with van der Waals surface area (Å²) in [5, 5.41) is 12.5. The molecule has 0 saturated heterocycles. The van der Waals surface area contributed by atoms with Gasteiger partial charge in [-0.05, 0) is 24.1 Å². The summed E-state index contributed by atoms with van der Waals surface area (Å²) in [6, 6.07) is 23.5. The minimum Gasteiger partial charge on any atom is -0.480 e. The Bertz CT molecular complexity index is 1030. The fourth-order valence-electron chi connectivity index (χ4n) is 3.08. The Kier molecular flexibility index (Phi) is 7.54. The molecular formula is C25H23NO5. The van der Waals surface area contributed by atoms with Crippen LogP contribution >= 0.6 is 0 Å². The minimum atomic E-state index is -1.10. The summed E-state index contributed by atoms with van der Waals surface area (Å²) >= 11 is 0. The van der Waals surface area contributed by atoms with E-state index in [0.717, 1.165) is 5.56 Å². The van der Waals surface area contributed by atoms with Crippen molar-refractivity contribution >= 4 is 23.4 Å². The summed E-state index contributed by atoms with van der Waals surface area (Å²) in [4.78, 5) is 36.7. The Hall–Kier alpha value is -3.93. The maximum Gasteiger partial charge on any atom is 0.340 e. The number of ether oxygens (including phenoxy) is 1. The Morgan fingerprint density at radius 2 is 1.45 bits per heavy atom. The Labute approximate surface area is 180 Å². The van der Waals surface area contributed by atoms with Crippen LogP contribution in [0.5, 0.6) is 0 Å². The van der Waals surface area contributed by atoms with Gasteiger partial charge in [-0.3, -0.25) is 4.79 Å². The van der Waals surface area contributed by atoms with Crippen LogP contribution in [0.15, 0.2) is 84.9 Å². The predicted molar refractivity (Wildman–Crippen MR) is 117 cm³/mol. The van der Waals surface area contributed by atoms with Gasteiger partial charge < -0.3 is 15.2 Å². The van der Waals surface area contributed by atoms with E-state index in [2.05, 4.69) is 5.32 Å². The van der Waals surface area contributed by atoms with Crippen LogP contribution in [0.3, 0.4) is 0 Å². The second kappa shape index (κ2) is 10.7. The zero-order valence-electron chi connectivity index (χ0n) is 16.9. The van der Waals surface area contributed by atoms with Gasteiger partial charge >= 0.3 is 11.9 Å². The molecule has 6 heteroatoms. The van der Waals surface area contributed by atoms with Crippen LogP contribution < -0.4 is 5.32 Å². The van der Waals surface area contributed by atoms with Crippen LogP contribution in [-0.4, -0.2) is 28.9 Å². The molecule has 0 amide bonds. The summed E-state index contributed by atoms with van der Waals surface area (Å²) < 4.78 is 5.37. The van der Waals surface area contributed by atoms with Crippen molar-refractivity contribution in [2.45, 2.75) is 25.5 Å². The fourth-order valence-corrected chi connectivity index (χ4v) is 3.08. The molecule has 0 radical (unpaired) electrons. The molecule has 1 atom stereocenters. The number of carbonyl (C=O) groups excluding carboxylic acids is 2. The normalized spacial score (nSPS) is 11.4. The monoisotopic (exact) mass is 417 g/mol. The van der Waals surface area contributed by atoms with Crippen LogP contribution in [0.2, 0.25) is 0 Å². The Morgan fingerprint density at radius 3 is 2.13 bits per heavy atom. The van der Waals surface area contributed by atoms with Crippen LogP contribution in [0.25, 0.3) is 0 Å². The lowest BCUT2D eigenvalue weighted by Gasteiger charge is -2.18. The van der Waals surface area contributed by atoms with Crippen LogP contribution in [0.1, 0.15) is 39.1 Å². The van der Waals surface area contributed by atoms with Gasteiger partial charge in [-0.25, -0.2) is 9.59 Å². The van der Waals surface area contributed by atoms with Gasteiger partial charge in [-0.2, -0.15) is 0 Å². The number of carbonyl (C=O) groups is 3. The number of hydrogen-bond acceptors (Lipinski definition) is 5. The standard InChI is InChI=1S/C25H23NO5/c27-23(19-11-5-2-6-12-19)16-15-22(24(28)29)26-21-14-8-7-13-20(21)25(30)31-17-18-9-3-1-4-10-18/h1-14,22,26H,15-17H2,(H,28,29). The van der Waals surface area contributed by atoms with Crippen LogP contribution in [0, 0.1) is 0 Å². The first-order valence-corrected chi connectivity index (χ1v) is 9.92. The van der Waals surface area contributed by atoms with E-state index in [9.17, 15) is 19.5 Å². The van der Waals surface area contributed by atoms with Gasteiger partial charge in [-0.15, -0.1) is 0 Å². The number of carboxylic acids is 1. The molecule has 0 aliphatic rings. The van der Waals surface area contributed by atoms with Gasteiger partial charge in [0.2, 0.25) is 0 Å². The number of aliphatic carboxylic acids is 1. The van der Waals surface area contributed by atoms with E-state index in [-0.39, 0.29) is 30.8 Å². The van der Waals surface area contributed by atoms with Crippen molar-refractivity contribution in [2.24, 2.45) is 0 Å². The quantitative estimate of drug-likeness (QED) is 0.371. The van der Waals surface area contributed by atoms with E-state index in [0.29, 0.717) is 11.3 Å². The molecule has 0 heterocycles. The largest absolute Gasteiger partial charge is 0.480 e. The Balaban J connectivity index is 1.66. The highest BCUT2D eigenvalue weighted by Gasteiger charge is 2.22. The van der Waals surface area contributed by atoms with Crippen LogP contribution in [0.4, 0.5) is 5.69 Å². The van der Waals surface area contributed by atoms with E-state index in [1.165, 1.54) is 0 Å². The molecule has 31 heavy (non-hydrogen) atoms. The highest BCUT2D eigenvalue weighted by molar-refractivity contribution is 5.97. The lowest BCUT2D eigenvalue weighted by atomic mass is 10.0. The van der Waals surface area contributed by atoms with E-state index < -0.39 is 18.0 Å². The van der Waals surface area contributed by atoms with Crippen molar-refractivity contribution in [1.82, 2.24) is 0 Å². The second-order valence-electron chi connectivity index (χ2n) is 6.97. The second-order valence-corrected chi connectivity index (χ2v) is 6.97. The zero-order chi connectivity index (χ0) is 22.1. The smallest absolute Gasteiger partial charge is 0.340 e. The third kappa shape index (κ3) is 6.27. The molecule has 6 nitrogen and oxygen atoms in total. The van der Waals surface area contributed by atoms with E-state index in [1.54, 1.807) is 48.5 Å². The predicted octanol–water partition coefficient (Wildman–Crippen LogP) is 4.57. The molecule has 0 fully saturated rings. The molecular weight excluding hydrogens is 394 g/mol. The summed E-state index contributed by atoms with van der Waals surface area (Å²) in [5.41, 5.74) is 1.97. The maximum atomic E-state index is 12.6. The SMILES string of the molecule is O=C(CCC(Nc1ccccc1C(=O)OCc1ccccc1)C(=O)O)c1ccccc1. The van der Waals surface area contributed by atoms with Crippen molar-refractivity contribution in [3.05, 3.63) is 102 Å². The number of hydrogen-bond donors (Lipinski definition) is 2. The van der Waals surface area contributed by atoms with E-state index >= 15 is 0 Å². The number of anilines is 1. The number of nitrogens with one attached hydrogen (secondary N) is 1. The lowest BCUT2D eigenvalue weighted by molar-refractivity contribution is -0.138. The average molecular weight is 417 g/mol. The van der Waals surface area contributed by atoms with Gasteiger partial charge in [0.15, 0.2) is 5.78 Å². The first-order valence-electron chi connectivity index (χ1n) is 9.92. The summed E-state index contributed by atoms with van der Waals surface area (Å²) in [6.07, 6.45) is 0.144. The van der Waals surface area contributed by atoms with E-state index in [1.807, 2.05) is 36.4 Å². The average Bonchev–Trinajstić information content (AvgIpc) is 2.81. The molecule has 3 aromatic carbocycles. The molecule has 3 rings (SSSR count). The first-order chi connectivity index (χ1) is 15.0. The third-order valence-corrected chi connectivity index (χ3v) is 4.74. The molecule has 0 aliphatic carbocycles. The summed E-state index contributed by atoms with van der Waals surface area (Å²) in [6.45, 7) is 0.113. The highest BCUT2D eigenvalue weighted by atomic mass is 16.5. The number of para-hydroxylation sites is 1. The van der Waals surface area contributed by atoms with Crippen molar-refractivity contribution in [3.8, 4) is 0 Å². The number of carboxylic acid groups (broad SMARTS) is 1. The number of esters is 1. The lowest BCUT2D eigenvalue weighted by Crippen LogP contribution is -2.30. The zero-order valence-corrected chi connectivity index (χ0v) is 16.9. The minimum absolute atomic E-state index is 0.0641. The third-order valence-electron chi connectivity index (χ3n) is 4.74. The molecule has 1 unspecified atom stereocenters.